The number of nitriles is 1. The molecule has 0 unspecified atom stereocenters. The first-order valence-electron chi connectivity index (χ1n) is 7.33. The van der Waals surface area contributed by atoms with E-state index in [1.165, 1.54) is 17.8 Å². The van der Waals surface area contributed by atoms with Crippen molar-refractivity contribution in [2.45, 2.75) is 44.1 Å². The van der Waals surface area contributed by atoms with E-state index < -0.39 is 5.92 Å². The van der Waals surface area contributed by atoms with E-state index in [2.05, 4.69) is 16.4 Å². The number of hydrogen-bond acceptors (Lipinski definition) is 4. The molecule has 0 bridgehead atoms. The van der Waals surface area contributed by atoms with E-state index in [0.717, 1.165) is 35.9 Å². The Morgan fingerprint density at radius 3 is 2.81 bits per heavy atom. The molecule has 108 valence electrons. The maximum Gasteiger partial charge on any atom is 0.244 e. The van der Waals surface area contributed by atoms with Crippen LogP contribution in [0.3, 0.4) is 0 Å². The summed E-state index contributed by atoms with van der Waals surface area (Å²) in [5.74, 6) is -1.01. The Hall–Kier alpha value is -1.93. The molecule has 1 aromatic heterocycles. The minimum absolute atomic E-state index is 0.205. The third kappa shape index (κ3) is 3.06. The zero-order valence-electron chi connectivity index (χ0n) is 11.7. The third-order valence-electron chi connectivity index (χ3n) is 3.90. The average molecular weight is 299 g/mol. The largest absolute Gasteiger partial charge is 0.352 e. The van der Waals surface area contributed by atoms with E-state index >= 15 is 0 Å². The van der Waals surface area contributed by atoms with Gasteiger partial charge in [0.2, 0.25) is 5.91 Å². The van der Waals surface area contributed by atoms with Gasteiger partial charge in [0.25, 0.3) is 0 Å². The van der Waals surface area contributed by atoms with E-state index in [0.29, 0.717) is 5.01 Å². The van der Waals surface area contributed by atoms with Gasteiger partial charge in [-0.3, -0.25) is 4.79 Å². The van der Waals surface area contributed by atoms with Crippen molar-refractivity contribution in [3.63, 3.8) is 0 Å². The summed E-state index contributed by atoms with van der Waals surface area (Å²) >= 11 is 1.43. The minimum atomic E-state index is -0.802. The molecule has 1 amide bonds. The standard InChI is InChI=1S/C16H17N3OS/c17-10-12(15(20)18-11-6-2-1-3-7-11)16-19-13-8-4-5-9-14(13)21-16/h4-5,8-9,11-12H,1-3,6-7H2,(H,18,20)/t12-/m1/s1. The molecule has 1 aliphatic carbocycles. The van der Waals surface area contributed by atoms with Crippen LogP contribution in [0.1, 0.15) is 43.0 Å². The molecule has 5 heteroatoms. The van der Waals surface area contributed by atoms with Crippen molar-refractivity contribution in [2.24, 2.45) is 0 Å². The van der Waals surface area contributed by atoms with Crippen LogP contribution in [0.4, 0.5) is 0 Å². The highest BCUT2D eigenvalue weighted by Gasteiger charge is 2.26. The van der Waals surface area contributed by atoms with E-state index in [-0.39, 0.29) is 11.9 Å². The first-order valence-corrected chi connectivity index (χ1v) is 8.15. The monoisotopic (exact) mass is 299 g/mol. The highest BCUT2D eigenvalue weighted by Crippen LogP contribution is 2.28. The molecule has 0 radical (unpaired) electrons. The van der Waals surface area contributed by atoms with Crippen molar-refractivity contribution in [1.29, 1.82) is 5.26 Å². The number of amides is 1. The first kappa shape index (κ1) is 14.0. The van der Waals surface area contributed by atoms with Gasteiger partial charge in [-0.2, -0.15) is 5.26 Å². The maximum absolute atomic E-state index is 12.4. The molecule has 21 heavy (non-hydrogen) atoms. The number of nitrogens with zero attached hydrogens (tertiary/aromatic N) is 2. The quantitative estimate of drug-likeness (QED) is 0.945. The lowest BCUT2D eigenvalue weighted by Gasteiger charge is -2.23. The smallest absolute Gasteiger partial charge is 0.244 e. The van der Waals surface area contributed by atoms with Crippen LogP contribution in [0.25, 0.3) is 10.2 Å². The lowest BCUT2D eigenvalue weighted by Crippen LogP contribution is -2.38. The summed E-state index contributed by atoms with van der Waals surface area (Å²) in [6.07, 6.45) is 5.59. The number of nitrogens with one attached hydrogen (secondary N) is 1. The first-order chi connectivity index (χ1) is 10.3. The second-order valence-corrected chi connectivity index (χ2v) is 6.49. The molecule has 1 saturated carbocycles. The Balaban J connectivity index is 1.77. The molecule has 1 atom stereocenters. The predicted molar refractivity (Wildman–Crippen MR) is 83.0 cm³/mol. The fraction of sp³-hybridized carbons (Fsp3) is 0.438. The minimum Gasteiger partial charge on any atom is -0.352 e. The van der Waals surface area contributed by atoms with Gasteiger partial charge in [-0.1, -0.05) is 31.4 Å². The highest BCUT2D eigenvalue weighted by molar-refractivity contribution is 7.18. The van der Waals surface area contributed by atoms with Gasteiger partial charge in [0, 0.05) is 6.04 Å². The van der Waals surface area contributed by atoms with Crippen LogP contribution in [0.5, 0.6) is 0 Å². The second kappa shape index (κ2) is 6.23. The normalized spacial score (nSPS) is 17.3. The van der Waals surface area contributed by atoms with Gasteiger partial charge in [0.1, 0.15) is 5.01 Å². The molecule has 1 heterocycles. The van der Waals surface area contributed by atoms with Crippen molar-refractivity contribution in [1.82, 2.24) is 10.3 Å². The molecule has 3 rings (SSSR count). The molecule has 1 fully saturated rings. The molecular weight excluding hydrogens is 282 g/mol. The van der Waals surface area contributed by atoms with Crippen LogP contribution < -0.4 is 5.32 Å². The van der Waals surface area contributed by atoms with Gasteiger partial charge in [-0.25, -0.2) is 4.98 Å². The number of para-hydroxylation sites is 1. The summed E-state index contributed by atoms with van der Waals surface area (Å²) in [6.45, 7) is 0. The van der Waals surface area contributed by atoms with Crippen molar-refractivity contribution < 1.29 is 4.79 Å². The van der Waals surface area contributed by atoms with E-state index in [1.807, 2.05) is 24.3 Å². The van der Waals surface area contributed by atoms with Gasteiger partial charge in [0.05, 0.1) is 16.3 Å². The zero-order chi connectivity index (χ0) is 14.7. The van der Waals surface area contributed by atoms with Crippen LogP contribution in [0, 0.1) is 11.3 Å². The number of hydrogen-bond donors (Lipinski definition) is 1. The van der Waals surface area contributed by atoms with Crippen molar-refractivity contribution in [2.75, 3.05) is 0 Å². The summed E-state index contributed by atoms with van der Waals surface area (Å²) in [4.78, 5) is 16.8. The van der Waals surface area contributed by atoms with Crippen LogP contribution in [-0.4, -0.2) is 16.9 Å². The third-order valence-corrected chi connectivity index (χ3v) is 5.00. The van der Waals surface area contributed by atoms with Gasteiger partial charge < -0.3 is 5.32 Å². The lowest BCUT2D eigenvalue weighted by molar-refractivity contribution is -0.122. The number of rotatable bonds is 3. The van der Waals surface area contributed by atoms with E-state index in [4.69, 9.17) is 0 Å². The van der Waals surface area contributed by atoms with Gasteiger partial charge >= 0.3 is 0 Å². The second-order valence-electron chi connectivity index (χ2n) is 5.43. The topological polar surface area (TPSA) is 65.8 Å². The van der Waals surface area contributed by atoms with Gasteiger partial charge in [-0.15, -0.1) is 11.3 Å². The van der Waals surface area contributed by atoms with Crippen LogP contribution >= 0.6 is 11.3 Å². The highest BCUT2D eigenvalue weighted by atomic mass is 32.1. The summed E-state index contributed by atoms with van der Waals surface area (Å²) in [7, 11) is 0. The average Bonchev–Trinajstić information content (AvgIpc) is 2.92. The summed E-state index contributed by atoms with van der Waals surface area (Å²) < 4.78 is 1.01. The Morgan fingerprint density at radius 2 is 2.10 bits per heavy atom. The summed E-state index contributed by atoms with van der Waals surface area (Å²) in [5.41, 5.74) is 0.850. The molecule has 0 aliphatic heterocycles. The van der Waals surface area contributed by atoms with Crippen molar-refractivity contribution in [3.05, 3.63) is 29.3 Å². The predicted octanol–water partition coefficient (Wildman–Crippen LogP) is 3.35. The number of carbonyl (C=O) groups is 1. The Bertz CT molecular complexity index is 649. The number of thiazole rings is 1. The van der Waals surface area contributed by atoms with Gasteiger partial charge in [0.15, 0.2) is 5.92 Å². The Labute approximate surface area is 127 Å². The summed E-state index contributed by atoms with van der Waals surface area (Å²) in [5, 5.41) is 13.0. The van der Waals surface area contributed by atoms with Crippen molar-refractivity contribution in [3.8, 4) is 6.07 Å². The van der Waals surface area contributed by atoms with Crippen molar-refractivity contribution >= 4 is 27.5 Å². The molecule has 4 nitrogen and oxygen atoms in total. The number of carbonyl (C=O) groups excluding carboxylic acids is 1. The summed E-state index contributed by atoms with van der Waals surface area (Å²) in [6, 6.07) is 10.0. The molecule has 1 aliphatic rings. The molecule has 0 spiro atoms. The molecule has 0 saturated heterocycles. The van der Waals surface area contributed by atoms with Crippen LogP contribution in [0.15, 0.2) is 24.3 Å². The zero-order valence-corrected chi connectivity index (χ0v) is 12.5. The van der Waals surface area contributed by atoms with Gasteiger partial charge in [-0.05, 0) is 25.0 Å². The fourth-order valence-electron chi connectivity index (χ4n) is 2.77. The van der Waals surface area contributed by atoms with Crippen LogP contribution in [-0.2, 0) is 4.79 Å². The fourth-order valence-corrected chi connectivity index (χ4v) is 3.78. The molecule has 1 aromatic carbocycles. The Morgan fingerprint density at radius 1 is 1.33 bits per heavy atom. The molecular formula is C16H17N3OS. The number of aromatic nitrogens is 1. The number of benzene rings is 1. The Kier molecular flexibility index (Phi) is 4.16. The maximum atomic E-state index is 12.4. The molecule has 2 aromatic rings. The SMILES string of the molecule is N#C[C@H](C(=O)NC1CCCCC1)c1nc2ccccc2s1. The van der Waals surface area contributed by atoms with E-state index in [1.54, 1.807) is 0 Å². The van der Waals surface area contributed by atoms with Crippen LogP contribution in [0.2, 0.25) is 0 Å². The number of fused-ring (bicyclic) bond motifs is 1. The lowest BCUT2D eigenvalue weighted by atomic mass is 9.95. The molecule has 1 N–H and O–H groups in total. The van der Waals surface area contributed by atoms with E-state index in [9.17, 15) is 10.1 Å².